The zero-order chi connectivity index (χ0) is 13.9. The summed E-state index contributed by atoms with van der Waals surface area (Å²) in [4.78, 5) is 12.6. The molecule has 0 aromatic heterocycles. The first-order valence-corrected chi connectivity index (χ1v) is 7.54. The largest absolute Gasteiger partial charge is 0.289 e. The molecule has 0 fully saturated rings. The molecular formula is C19H20O. The number of carbonyl (C=O) groups is 1. The second-order valence-electron chi connectivity index (χ2n) is 5.56. The van der Waals surface area contributed by atoms with E-state index in [4.69, 9.17) is 0 Å². The molecule has 0 saturated heterocycles. The summed E-state index contributed by atoms with van der Waals surface area (Å²) < 4.78 is 0. The van der Waals surface area contributed by atoms with E-state index in [0.29, 0.717) is 0 Å². The Kier molecular flexibility index (Phi) is 3.68. The predicted octanol–water partition coefficient (Wildman–Crippen LogP) is 4.55. The van der Waals surface area contributed by atoms with Crippen molar-refractivity contribution in [2.45, 2.75) is 39.0 Å². The highest BCUT2D eigenvalue weighted by atomic mass is 16.1. The minimum atomic E-state index is 0.194. The fourth-order valence-electron chi connectivity index (χ4n) is 3.09. The monoisotopic (exact) mass is 264 g/mol. The molecule has 0 unspecified atom stereocenters. The van der Waals surface area contributed by atoms with E-state index in [9.17, 15) is 4.79 Å². The van der Waals surface area contributed by atoms with E-state index in [1.807, 2.05) is 30.3 Å². The zero-order valence-electron chi connectivity index (χ0n) is 12.0. The number of carbonyl (C=O) groups excluding carboxylic acids is 1. The standard InChI is InChI=1S/C19H20O/c1-2-3-4-8-14-10-7-12-17-18(14)13-15-9-5-6-11-16(15)19(17)20/h5-7,9-12H,2-4,8,13H2,1H3. The van der Waals surface area contributed by atoms with Crippen LogP contribution in [0.2, 0.25) is 0 Å². The molecule has 0 aliphatic heterocycles. The maximum atomic E-state index is 12.6. The molecule has 0 N–H and O–H groups in total. The summed E-state index contributed by atoms with van der Waals surface area (Å²) >= 11 is 0. The maximum absolute atomic E-state index is 12.6. The Bertz CT molecular complexity index is 640. The lowest BCUT2D eigenvalue weighted by molar-refractivity contribution is 0.103. The third kappa shape index (κ3) is 2.29. The summed E-state index contributed by atoms with van der Waals surface area (Å²) in [6, 6.07) is 14.2. The van der Waals surface area contributed by atoms with E-state index < -0.39 is 0 Å². The minimum Gasteiger partial charge on any atom is -0.289 e. The second kappa shape index (κ2) is 5.62. The van der Waals surface area contributed by atoms with E-state index >= 15 is 0 Å². The van der Waals surface area contributed by atoms with Gasteiger partial charge in [0.05, 0.1) is 0 Å². The van der Waals surface area contributed by atoms with Crippen molar-refractivity contribution in [3.8, 4) is 0 Å². The first kappa shape index (κ1) is 13.1. The van der Waals surface area contributed by atoms with E-state index in [-0.39, 0.29) is 5.78 Å². The molecule has 1 aliphatic rings. The Balaban J connectivity index is 1.97. The summed E-state index contributed by atoms with van der Waals surface area (Å²) in [7, 11) is 0. The molecule has 102 valence electrons. The van der Waals surface area contributed by atoms with Crippen molar-refractivity contribution in [3.05, 3.63) is 70.3 Å². The van der Waals surface area contributed by atoms with Gasteiger partial charge in [-0.15, -0.1) is 0 Å². The molecule has 20 heavy (non-hydrogen) atoms. The van der Waals surface area contributed by atoms with Crippen molar-refractivity contribution >= 4 is 5.78 Å². The predicted molar refractivity (Wildman–Crippen MR) is 82.4 cm³/mol. The van der Waals surface area contributed by atoms with Crippen LogP contribution in [0.3, 0.4) is 0 Å². The number of aryl methyl sites for hydroxylation is 1. The van der Waals surface area contributed by atoms with E-state index in [1.54, 1.807) is 0 Å². The average Bonchev–Trinajstić information content (AvgIpc) is 2.48. The van der Waals surface area contributed by atoms with Gasteiger partial charge in [0.1, 0.15) is 0 Å². The van der Waals surface area contributed by atoms with Crippen LogP contribution in [-0.4, -0.2) is 5.78 Å². The van der Waals surface area contributed by atoms with Crippen molar-refractivity contribution in [1.29, 1.82) is 0 Å². The van der Waals surface area contributed by atoms with Crippen molar-refractivity contribution in [1.82, 2.24) is 0 Å². The number of hydrogen-bond acceptors (Lipinski definition) is 1. The molecule has 1 aliphatic carbocycles. The fraction of sp³-hybridized carbons (Fsp3) is 0.316. The van der Waals surface area contributed by atoms with Crippen LogP contribution in [0.5, 0.6) is 0 Å². The van der Waals surface area contributed by atoms with E-state index in [2.05, 4.69) is 19.1 Å². The first-order valence-electron chi connectivity index (χ1n) is 7.54. The lowest BCUT2D eigenvalue weighted by atomic mass is 9.82. The summed E-state index contributed by atoms with van der Waals surface area (Å²) in [5, 5.41) is 0. The zero-order valence-corrected chi connectivity index (χ0v) is 12.0. The maximum Gasteiger partial charge on any atom is 0.193 e. The van der Waals surface area contributed by atoms with Crippen LogP contribution >= 0.6 is 0 Å². The normalized spacial score (nSPS) is 12.9. The molecule has 3 rings (SSSR count). The van der Waals surface area contributed by atoms with E-state index in [0.717, 1.165) is 24.0 Å². The first-order chi connectivity index (χ1) is 9.81. The van der Waals surface area contributed by atoms with E-state index in [1.165, 1.54) is 36.0 Å². The van der Waals surface area contributed by atoms with Gasteiger partial charge in [-0.1, -0.05) is 62.2 Å². The summed E-state index contributed by atoms with van der Waals surface area (Å²) in [6.07, 6.45) is 5.69. The van der Waals surface area contributed by atoms with Crippen LogP contribution in [0.1, 0.15) is 58.8 Å². The van der Waals surface area contributed by atoms with Crippen LogP contribution in [0, 0.1) is 0 Å². The molecule has 0 atom stereocenters. The van der Waals surface area contributed by atoms with Crippen LogP contribution in [0.15, 0.2) is 42.5 Å². The van der Waals surface area contributed by atoms with Gasteiger partial charge in [-0.05, 0) is 36.0 Å². The van der Waals surface area contributed by atoms with Crippen LogP contribution in [-0.2, 0) is 12.8 Å². The van der Waals surface area contributed by atoms with Crippen molar-refractivity contribution in [2.24, 2.45) is 0 Å². The number of ketones is 1. The van der Waals surface area contributed by atoms with Gasteiger partial charge in [-0.25, -0.2) is 0 Å². The second-order valence-corrected chi connectivity index (χ2v) is 5.56. The quantitative estimate of drug-likeness (QED) is 0.632. The molecule has 0 heterocycles. The van der Waals surface area contributed by atoms with Gasteiger partial charge in [-0.3, -0.25) is 4.79 Å². The molecule has 1 nitrogen and oxygen atoms in total. The molecular weight excluding hydrogens is 244 g/mol. The van der Waals surface area contributed by atoms with Gasteiger partial charge < -0.3 is 0 Å². The number of fused-ring (bicyclic) bond motifs is 2. The Morgan fingerprint density at radius 3 is 2.60 bits per heavy atom. The van der Waals surface area contributed by atoms with Gasteiger partial charge in [0.25, 0.3) is 0 Å². The van der Waals surface area contributed by atoms with Crippen molar-refractivity contribution in [3.63, 3.8) is 0 Å². The SMILES string of the molecule is CCCCCc1cccc2c1Cc1ccccc1C2=O. The highest BCUT2D eigenvalue weighted by Gasteiger charge is 2.24. The third-order valence-electron chi connectivity index (χ3n) is 4.20. The summed E-state index contributed by atoms with van der Waals surface area (Å²) in [5.41, 5.74) is 5.59. The average molecular weight is 264 g/mol. The van der Waals surface area contributed by atoms with Crippen LogP contribution in [0.4, 0.5) is 0 Å². The Morgan fingerprint density at radius 1 is 0.950 bits per heavy atom. The van der Waals surface area contributed by atoms with Crippen molar-refractivity contribution in [2.75, 3.05) is 0 Å². The van der Waals surface area contributed by atoms with Crippen molar-refractivity contribution < 1.29 is 4.79 Å². The molecule has 0 radical (unpaired) electrons. The molecule has 2 aromatic rings. The third-order valence-corrected chi connectivity index (χ3v) is 4.20. The Hall–Kier alpha value is -1.89. The number of rotatable bonds is 4. The lowest BCUT2D eigenvalue weighted by Gasteiger charge is -2.21. The summed E-state index contributed by atoms with van der Waals surface area (Å²) in [6.45, 7) is 2.22. The van der Waals surface area contributed by atoms with Crippen LogP contribution < -0.4 is 0 Å². The van der Waals surface area contributed by atoms with Gasteiger partial charge >= 0.3 is 0 Å². The minimum absolute atomic E-state index is 0.194. The molecule has 0 bridgehead atoms. The van der Waals surface area contributed by atoms with Gasteiger partial charge in [-0.2, -0.15) is 0 Å². The van der Waals surface area contributed by atoms with Gasteiger partial charge in [0, 0.05) is 11.1 Å². The molecule has 0 amide bonds. The molecule has 0 spiro atoms. The Labute approximate surface area is 120 Å². The lowest BCUT2D eigenvalue weighted by Crippen LogP contribution is -2.16. The number of unbranched alkanes of at least 4 members (excludes halogenated alkanes) is 2. The topological polar surface area (TPSA) is 17.1 Å². The van der Waals surface area contributed by atoms with Crippen LogP contribution in [0.25, 0.3) is 0 Å². The molecule has 2 aromatic carbocycles. The highest BCUT2D eigenvalue weighted by molar-refractivity contribution is 6.12. The highest BCUT2D eigenvalue weighted by Crippen LogP contribution is 2.30. The number of benzene rings is 2. The van der Waals surface area contributed by atoms with Gasteiger partial charge in [0.15, 0.2) is 5.78 Å². The molecule has 0 saturated carbocycles. The fourth-order valence-corrected chi connectivity index (χ4v) is 3.09. The van der Waals surface area contributed by atoms with Gasteiger partial charge in [0.2, 0.25) is 0 Å². The smallest absolute Gasteiger partial charge is 0.193 e. The summed E-state index contributed by atoms with van der Waals surface area (Å²) in [5.74, 6) is 0.194. The Morgan fingerprint density at radius 2 is 1.75 bits per heavy atom. The molecule has 1 heteroatoms. The number of hydrogen-bond donors (Lipinski definition) is 0.